The van der Waals surface area contributed by atoms with E-state index in [2.05, 4.69) is 0 Å². The Balaban J connectivity index is 0. The Bertz CT molecular complexity index is 80.5. The molecule has 0 bridgehead atoms. The molecule has 37 valence electrons. The van der Waals surface area contributed by atoms with E-state index in [0.29, 0.717) is 0 Å². The minimum Gasteiger partial charge on any atom is -0.0623 e. The monoisotopic (exact) mass is 181 g/mol. The van der Waals surface area contributed by atoms with Crippen molar-refractivity contribution in [3.8, 4) is 0 Å². The Morgan fingerprint density at radius 2 is 0.625 bits per heavy atom. The molecule has 0 aliphatic heterocycles. The van der Waals surface area contributed by atoms with E-state index in [1.165, 1.54) is 0 Å². The Kier molecular flexibility index (Phi) is 11.2. The van der Waals surface area contributed by atoms with Gasteiger partial charge >= 0.3 is 0 Å². The molecular formula is C6H6NaSe. The van der Waals surface area contributed by atoms with Crippen LogP contribution in [0.15, 0.2) is 36.4 Å². The van der Waals surface area contributed by atoms with Crippen molar-refractivity contribution in [3.05, 3.63) is 36.4 Å². The van der Waals surface area contributed by atoms with Crippen molar-refractivity contribution in [2.24, 2.45) is 0 Å². The van der Waals surface area contributed by atoms with Crippen LogP contribution in [-0.2, 0) is 0 Å². The first kappa shape index (κ1) is 11.5. The zero-order chi connectivity index (χ0) is 4.24. The molecular weight excluding hydrogens is 174 g/mol. The molecule has 0 atom stereocenters. The van der Waals surface area contributed by atoms with Gasteiger partial charge in [-0.25, -0.2) is 0 Å². The predicted molar refractivity (Wildman–Crippen MR) is 38.0 cm³/mol. The quantitative estimate of drug-likeness (QED) is 0.521. The van der Waals surface area contributed by atoms with E-state index in [9.17, 15) is 0 Å². The van der Waals surface area contributed by atoms with E-state index >= 15 is 0 Å². The molecule has 8 heavy (non-hydrogen) atoms. The summed E-state index contributed by atoms with van der Waals surface area (Å²) in [6.45, 7) is 0. The Morgan fingerprint density at radius 3 is 0.750 bits per heavy atom. The van der Waals surface area contributed by atoms with Crippen molar-refractivity contribution < 1.29 is 0 Å². The molecule has 0 aliphatic rings. The van der Waals surface area contributed by atoms with Gasteiger partial charge in [0.2, 0.25) is 0 Å². The van der Waals surface area contributed by atoms with E-state index in [0.717, 1.165) is 0 Å². The van der Waals surface area contributed by atoms with Crippen LogP contribution >= 0.6 is 0 Å². The zero-order valence-electron chi connectivity index (χ0n) is 4.87. The van der Waals surface area contributed by atoms with Gasteiger partial charge < -0.3 is 0 Å². The van der Waals surface area contributed by atoms with Crippen molar-refractivity contribution in [2.75, 3.05) is 0 Å². The summed E-state index contributed by atoms with van der Waals surface area (Å²) in [6.07, 6.45) is 0. The molecule has 2 heteroatoms. The van der Waals surface area contributed by atoms with Gasteiger partial charge in [0.05, 0.1) is 0 Å². The van der Waals surface area contributed by atoms with Crippen LogP contribution in [0, 0.1) is 0 Å². The van der Waals surface area contributed by atoms with E-state index in [-0.39, 0.29) is 46.6 Å². The number of rotatable bonds is 0. The summed E-state index contributed by atoms with van der Waals surface area (Å²) in [7, 11) is 0. The average Bonchev–Trinajstić information content (AvgIpc) is 1.72. The number of hydrogen-bond acceptors (Lipinski definition) is 0. The molecule has 0 aromatic heterocycles. The van der Waals surface area contributed by atoms with Crippen molar-refractivity contribution in [2.45, 2.75) is 0 Å². The van der Waals surface area contributed by atoms with Crippen molar-refractivity contribution in [1.29, 1.82) is 0 Å². The normalized spacial score (nSPS) is 6.00. The SMILES string of the molecule is [Na].[Se].c1ccccc1. The smallest absolute Gasteiger partial charge is 0 e. The van der Waals surface area contributed by atoms with E-state index in [1.54, 1.807) is 0 Å². The van der Waals surface area contributed by atoms with Gasteiger partial charge in [-0.2, -0.15) is 0 Å². The molecule has 1 aromatic rings. The van der Waals surface area contributed by atoms with Crippen molar-refractivity contribution in [1.82, 2.24) is 0 Å². The van der Waals surface area contributed by atoms with Crippen LogP contribution in [0.25, 0.3) is 0 Å². The molecule has 0 aliphatic carbocycles. The number of benzene rings is 1. The third-order valence-electron chi connectivity index (χ3n) is 0.667. The summed E-state index contributed by atoms with van der Waals surface area (Å²) in [5.74, 6) is 0. The molecule has 1 rings (SSSR count). The van der Waals surface area contributed by atoms with Gasteiger partial charge in [-0.05, 0) is 0 Å². The van der Waals surface area contributed by atoms with Crippen molar-refractivity contribution in [3.63, 3.8) is 0 Å². The maximum atomic E-state index is 2.00. The van der Waals surface area contributed by atoms with Gasteiger partial charge in [0, 0.05) is 46.6 Å². The first-order valence-corrected chi connectivity index (χ1v) is 2.00. The average molecular weight is 180 g/mol. The van der Waals surface area contributed by atoms with Gasteiger partial charge in [-0.1, -0.05) is 36.4 Å². The molecule has 0 saturated carbocycles. The first-order valence-electron chi connectivity index (χ1n) is 2.00. The largest absolute Gasteiger partial charge is 0.0623 e. The standard InChI is InChI=1S/C6H6.Na.Se/c1-2-4-6-5-3-1;;/h1-6H;;. The second-order valence-corrected chi connectivity index (χ2v) is 1.15. The van der Waals surface area contributed by atoms with Crippen LogP contribution in [0.4, 0.5) is 0 Å². The van der Waals surface area contributed by atoms with Gasteiger partial charge in [-0.3, -0.25) is 0 Å². The molecule has 0 saturated heterocycles. The molecule has 0 spiro atoms. The summed E-state index contributed by atoms with van der Waals surface area (Å²) >= 11 is 0. The van der Waals surface area contributed by atoms with Gasteiger partial charge in [0.1, 0.15) is 0 Å². The summed E-state index contributed by atoms with van der Waals surface area (Å²) in [4.78, 5) is 0. The molecule has 0 nitrogen and oxygen atoms in total. The van der Waals surface area contributed by atoms with Crippen LogP contribution < -0.4 is 0 Å². The van der Waals surface area contributed by atoms with Gasteiger partial charge in [-0.15, -0.1) is 0 Å². The molecule has 1 aromatic carbocycles. The Morgan fingerprint density at radius 1 is 0.500 bits per heavy atom. The second-order valence-electron chi connectivity index (χ2n) is 1.15. The van der Waals surface area contributed by atoms with E-state index in [4.69, 9.17) is 0 Å². The minimum absolute atomic E-state index is 0. The zero-order valence-corrected chi connectivity index (χ0v) is 8.59. The maximum absolute atomic E-state index is 2.00. The maximum Gasteiger partial charge on any atom is 0 e. The van der Waals surface area contributed by atoms with Gasteiger partial charge in [0.25, 0.3) is 0 Å². The third-order valence-corrected chi connectivity index (χ3v) is 0.667. The van der Waals surface area contributed by atoms with Crippen LogP contribution in [0.2, 0.25) is 0 Å². The molecule has 0 amide bonds. The number of hydrogen-bond donors (Lipinski definition) is 0. The topological polar surface area (TPSA) is 0 Å². The molecule has 0 heterocycles. The summed E-state index contributed by atoms with van der Waals surface area (Å²) in [5, 5.41) is 0. The first-order chi connectivity index (χ1) is 3.00. The molecule has 0 unspecified atom stereocenters. The molecule has 0 fully saturated rings. The molecule has 0 N–H and O–H groups in total. The van der Waals surface area contributed by atoms with Crippen LogP contribution in [0.3, 0.4) is 0 Å². The predicted octanol–water partition coefficient (Wildman–Crippen LogP) is 0.925. The van der Waals surface area contributed by atoms with Crippen LogP contribution in [-0.4, -0.2) is 46.6 Å². The van der Waals surface area contributed by atoms with E-state index in [1.807, 2.05) is 36.4 Å². The summed E-state index contributed by atoms with van der Waals surface area (Å²) < 4.78 is 0. The minimum atomic E-state index is 0. The third kappa shape index (κ3) is 4.89. The summed E-state index contributed by atoms with van der Waals surface area (Å²) in [6, 6.07) is 12.0. The Labute approximate surface area is 82.4 Å². The summed E-state index contributed by atoms with van der Waals surface area (Å²) in [5.41, 5.74) is 0. The van der Waals surface area contributed by atoms with Crippen LogP contribution in [0.1, 0.15) is 0 Å². The van der Waals surface area contributed by atoms with E-state index < -0.39 is 0 Å². The van der Waals surface area contributed by atoms with Crippen molar-refractivity contribution >= 4 is 46.6 Å². The van der Waals surface area contributed by atoms with Crippen LogP contribution in [0.5, 0.6) is 0 Å². The second kappa shape index (κ2) is 7.74. The Hall–Kier alpha value is 0.739. The van der Waals surface area contributed by atoms with Gasteiger partial charge in [0.15, 0.2) is 0 Å². The molecule has 3 radical (unpaired) electrons. The fourth-order valence-electron chi connectivity index (χ4n) is 0.385. The fraction of sp³-hybridized carbons (Fsp3) is 0. The fourth-order valence-corrected chi connectivity index (χ4v) is 0.385.